The van der Waals surface area contributed by atoms with Crippen LogP contribution in [0.4, 0.5) is 4.79 Å². The smallest absolute Gasteiger partial charge is 0.409 e. The molecule has 154 valence electrons. The Morgan fingerprint density at radius 3 is 2.43 bits per heavy atom. The van der Waals surface area contributed by atoms with Crippen LogP contribution in [0, 0.1) is 11.3 Å². The van der Waals surface area contributed by atoms with E-state index in [1.165, 1.54) is 0 Å². The van der Waals surface area contributed by atoms with Crippen molar-refractivity contribution >= 4 is 52.0 Å². The largest absolute Gasteiger partial charge is 0.456 e. The summed E-state index contributed by atoms with van der Waals surface area (Å²) in [4.78, 5) is 14.1. The third-order valence-electron chi connectivity index (χ3n) is 5.11. The highest BCUT2D eigenvalue weighted by Gasteiger charge is 2.29. The van der Waals surface area contributed by atoms with Crippen molar-refractivity contribution in [3.8, 4) is 17.6 Å². The van der Waals surface area contributed by atoms with Crippen molar-refractivity contribution in [3.63, 3.8) is 0 Å². The molecule has 0 atom stereocenters. The molecule has 4 rings (SSSR count). The molecule has 5 nitrogen and oxygen atoms in total. The predicted molar refractivity (Wildman–Crippen MR) is 117 cm³/mol. The Kier molecular flexibility index (Phi) is 5.84. The fraction of sp³-hybridized carbons (Fsp3) is 0.273. The Labute approximate surface area is 189 Å². The summed E-state index contributed by atoms with van der Waals surface area (Å²) >= 11 is 17.1. The standard InChI is InChI=1S/C22H17Cl3N2O3/c23-22(24,25)13-29-21(28)27-9-7-15-16(8-10-27)18-11-14(12-26)5-6-20(18)30-19-4-2-1-3-17(15)19/h1-6,11H,7-10,13H2. The summed E-state index contributed by atoms with van der Waals surface area (Å²) in [5, 5.41) is 9.37. The minimum Gasteiger partial charge on any atom is -0.456 e. The number of benzene rings is 2. The van der Waals surface area contributed by atoms with Crippen molar-refractivity contribution in [2.45, 2.75) is 16.6 Å². The SMILES string of the molecule is N#Cc1ccc2c(c1)C1=C(CCN(C(=O)OCC(Cl)(Cl)Cl)CC1)c1ccccc1O2. The number of carbonyl (C=O) groups is 1. The fourth-order valence-electron chi connectivity index (χ4n) is 3.77. The number of hydrogen-bond acceptors (Lipinski definition) is 4. The lowest BCUT2D eigenvalue weighted by molar-refractivity contribution is 0.106. The van der Waals surface area contributed by atoms with Crippen LogP contribution in [0.25, 0.3) is 11.1 Å². The first-order valence-corrected chi connectivity index (χ1v) is 10.5. The molecule has 0 bridgehead atoms. The van der Waals surface area contributed by atoms with Gasteiger partial charge < -0.3 is 14.4 Å². The van der Waals surface area contributed by atoms with E-state index >= 15 is 0 Å². The summed E-state index contributed by atoms with van der Waals surface area (Å²) in [5.74, 6) is 1.44. The summed E-state index contributed by atoms with van der Waals surface area (Å²) in [5.41, 5.74) is 4.56. The second-order valence-corrected chi connectivity index (χ2v) is 9.55. The Bertz CT molecular complexity index is 1070. The molecule has 1 amide bonds. The van der Waals surface area contributed by atoms with Crippen molar-refractivity contribution in [3.05, 3.63) is 59.2 Å². The number of amides is 1. The normalized spacial score (nSPS) is 15.6. The van der Waals surface area contributed by atoms with E-state index in [-0.39, 0.29) is 6.61 Å². The summed E-state index contributed by atoms with van der Waals surface area (Å²) in [6.07, 6.45) is 0.668. The first kappa shape index (κ1) is 20.9. The van der Waals surface area contributed by atoms with Gasteiger partial charge in [0.05, 0.1) is 11.6 Å². The van der Waals surface area contributed by atoms with Crippen molar-refractivity contribution in [2.75, 3.05) is 19.7 Å². The highest BCUT2D eigenvalue weighted by atomic mass is 35.6. The van der Waals surface area contributed by atoms with Gasteiger partial charge in [0.1, 0.15) is 18.1 Å². The summed E-state index contributed by atoms with van der Waals surface area (Å²) in [7, 11) is 0. The van der Waals surface area contributed by atoms with Gasteiger partial charge >= 0.3 is 6.09 Å². The van der Waals surface area contributed by atoms with E-state index in [1.54, 1.807) is 11.0 Å². The second-order valence-electron chi connectivity index (χ2n) is 7.03. The maximum atomic E-state index is 12.5. The first-order chi connectivity index (χ1) is 14.4. The van der Waals surface area contributed by atoms with Crippen molar-refractivity contribution in [2.24, 2.45) is 0 Å². The second kappa shape index (κ2) is 8.39. The molecule has 2 aliphatic rings. The molecular weight excluding hydrogens is 447 g/mol. The molecule has 0 spiro atoms. The van der Waals surface area contributed by atoms with Crippen LogP contribution in [0.2, 0.25) is 0 Å². The molecule has 0 aliphatic carbocycles. The van der Waals surface area contributed by atoms with Gasteiger partial charge in [-0.2, -0.15) is 5.26 Å². The lowest BCUT2D eigenvalue weighted by Gasteiger charge is -2.22. The fourth-order valence-corrected chi connectivity index (χ4v) is 3.93. The van der Waals surface area contributed by atoms with Gasteiger partial charge in [0.15, 0.2) is 0 Å². The van der Waals surface area contributed by atoms with E-state index < -0.39 is 9.89 Å². The van der Waals surface area contributed by atoms with E-state index in [2.05, 4.69) is 6.07 Å². The molecule has 2 aromatic carbocycles. The molecule has 0 saturated heterocycles. The lowest BCUT2D eigenvalue weighted by atomic mass is 9.91. The van der Waals surface area contributed by atoms with E-state index in [9.17, 15) is 10.1 Å². The topological polar surface area (TPSA) is 62.6 Å². The Morgan fingerprint density at radius 2 is 1.73 bits per heavy atom. The molecule has 0 fully saturated rings. The van der Waals surface area contributed by atoms with Crippen LogP contribution in [-0.2, 0) is 4.74 Å². The number of alkyl halides is 3. The van der Waals surface area contributed by atoms with Crippen LogP contribution in [-0.4, -0.2) is 34.5 Å². The minimum absolute atomic E-state index is 0.314. The van der Waals surface area contributed by atoms with Gasteiger partial charge in [-0.3, -0.25) is 0 Å². The van der Waals surface area contributed by atoms with Crippen molar-refractivity contribution < 1.29 is 14.3 Å². The average molecular weight is 464 g/mol. The van der Waals surface area contributed by atoms with Crippen LogP contribution in [0.1, 0.15) is 29.5 Å². The zero-order chi connectivity index (χ0) is 21.3. The highest BCUT2D eigenvalue weighted by molar-refractivity contribution is 6.67. The maximum absolute atomic E-state index is 12.5. The molecular formula is C22H17Cl3N2O3. The highest BCUT2D eigenvalue weighted by Crippen LogP contribution is 2.46. The minimum atomic E-state index is -1.65. The maximum Gasteiger partial charge on any atom is 0.409 e. The van der Waals surface area contributed by atoms with Gasteiger partial charge in [-0.25, -0.2) is 4.79 Å². The number of carbonyl (C=O) groups excluding carboxylic acids is 1. The van der Waals surface area contributed by atoms with Crippen molar-refractivity contribution in [1.82, 2.24) is 4.90 Å². The quantitative estimate of drug-likeness (QED) is 0.474. The first-order valence-electron chi connectivity index (χ1n) is 9.38. The van der Waals surface area contributed by atoms with Gasteiger partial charge in [0.25, 0.3) is 0 Å². The van der Waals surface area contributed by atoms with Gasteiger partial charge in [-0.15, -0.1) is 0 Å². The van der Waals surface area contributed by atoms with E-state index in [0.717, 1.165) is 28.0 Å². The molecule has 0 radical (unpaired) electrons. The molecule has 0 saturated carbocycles. The molecule has 0 unspecified atom stereocenters. The zero-order valence-corrected chi connectivity index (χ0v) is 18.1. The number of ether oxygens (including phenoxy) is 2. The molecule has 8 heteroatoms. The summed E-state index contributed by atoms with van der Waals surface area (Å²) in [6.45, 7) is 0.584. The van der Waals surface area contributed by atoms with E-state index in [0.29, 0.717) is 37.2 Å². The number of halogens is 3. The van der Waals surface area contributed by atoms with Gasteiger partial charge in [-0.1, -0.05) is 53.0 Å². The molecule has 2 aliphatic heterocycles. The van der Waals surface area contributed by atoms with Gasteiger partial charge in [0.2, 0.25) is 3.79 Å². The summed E-state index contributed by atoms with van der Waals surface area (Å²) in [6, 6.07) is 15.4. The third-order valence-corrected chi connectivity index (χ3v) is 5.44. The number of nitrogens with zero attached hydrogens (tertiary/aromatic N) is 2. The zero-order valence-electron chi connectivity index (χ0n) is 15.8. The summed E-state index contributed by atoms with van der Waals surface area (Å²) < 4.78 is 9.69. The molecule has 2 aromatic rings. The van der Waals surface area contributed by atoms with Crippen LogP contribution in [0.5, 0.6) is 11.5 Å². The van der Waals surface area contributed by atoms with Crippen LogP contribution < -0.4 is 4.74 Å². The number of para-hydroxylation sites is 1. The Balaban J connectivity index is 1.69. The Hall–Kier alpha value is -2.39. The number of hydrogen-bond donors (Lipinski definition) is 0. The van der Waals surface area contributed by atoms with Gasteiger partial charge in [-0.05, 0) is 48.3 Å². The van der Waals surface area contributed by atoms with E-state index in [4.69, 9.17) is 44.3 Å². The number of rotatable bonds is 1. The van der Waals surface area contributed by atoms with Crippen LogP contribution in [0.15, 0.2) is 42.5 Å². The van der Waals surface area contributed by atoms with Crippen molar-refractivity contribution in [1.29, 1.82) is 5.26 Å². The van der Waals surface area contributed by atoms with Gasteiger partial charge in [0, 0.05) is 24.2 Å². The number of fused-ring (bicyclic) bond motifs is 4. The van der Waals surface area contributed by atoms with E-state index in [1.807, 2.05) is 36.4 Å². The van der Waals surface area contributed by atoms with Crippen LogP contribution >= 0.6 is 34.8 Å². The van der Waals surface area contributed by atoms with Crippen LogP contribution in [0.3, 0.4) is 0 Å². The molecule has 2 heterocycles. The predicted octanol–water partition coefficient (Wildman–Crippen LogP) is 6.18. The third kappa shape index (κ3) is 4.37. The molecule has 0 aromatic heterocycles. The average Bonchev–Trinajstić information content (AvgIpc) is 3.01. The monoisotopic (exact) mass is 462 g/mol. The molecule has 0 N–H and O–H groups in total. The lowest BCUT2D eigenvalue weighted by Crippen LogP contribution is -2.34. The number of nitriles is 1. The Morgan fingerprint density at radius 1 is 1.07 bits per heavy atom. The molecule has 30 heavy (non-hydrogen) atoms.